The van der Waals surface area contributed by atoms with Crippen LogP contribution in [-0.4, -0.2) is 64.7 Å². The van der Waals surface area contributed by atoms with Crippen molar-refractivity contribution in [2.24, 2.45) is 0 Å². The SMILES string of the molecule is CS(=O)(=O)N(C[C@H]1CN(S(=O)(=O)c2cccs2)CCN1c1ccc(O)cc1)c1ccc(F)cc1. The maximum atomic E-state index is 13.5. The number of rotatable bonds is 7. The number of hydrogen-bond acceptors (Lipinski definition) is 7. The van der Waals surface area contributed by atoms with Crippen LogP contribution in [0.25, 0.3) is 0 Å². The van der Waals surface area contributed by atoms with E-state index < -0.39 is 31.9 Å². The van der Waals surface area contributed by atoms with Crippen LogP contribution >= 0.6 is 11.3 Å². The van der Waals surface area contributed by atoms with Gasteiger partial charge in [0.2, 0.25) is 10.0 Å². The number of halogens is 1. The number of nitrogens with zero attached hydrogens (tertiary/aromatic N) is 3. The van der Waals surface area contributed by atoms with Gasteiger partial charge in [-0.25, -0.2) is 21.2 Å². The molecule has 34 heavy (non-hydrogen) atoms. The molecule has 0 spiro atoms. The van der Waals surface area contributed by atoms with Crippen LogP contribution in [0, 0.1) is 5.82 Å². The van der Waals surface area contributed by atoms with Crippen LogP contribution in [-0.2, 0) is 20.0 Å². The average molecular weight is 526 g/mol. The van der Waals surface area contributed by atoms with Gasteiger partial charge < -0.3 is 10.0 Å². The molecule has 1 aliphatic rings. The van der Waals surface area contributed by atoms with Gasteiger partial charge in [-0.05, 0) is 60.0 Å². The standard InChI is InChI=1S/C22H24FN3O5S3/c1-33(28,29)26(19-6-4-17(23)5-7-19)16-20-15-24(34(30,31)22-3-2-14-32-22)12-13-25(20)18-8-10-21(27)11-9-18/h2-11,14,20,27H,12-13,15-16H2,1H3/t20-/m1/s1. The third-order valence-electron chi connectivity index (χ3n) is 5.61. The molecular weight excluding hydrogens is 501 g/mol. The number of sulfonamides is 2. The molecule has 1 saturated heterocycles. The molecule has 0 bridgehead atoms. The monoisotopic (exact) mass is 525 g/mol. The lowest BCUT2D eigenvalue weighted by molar-refractivity contribution is 0.335. The summed E-state index contributed by atoms with van der Waals surface area (Å²) in [6.07, 6.45) is 1.06. The predicted octanol–water partition coefficient (Wildman–Crippen LogP) is 2.94. The Bertz CT molecular complexity index is 1330. The zero-order chi connectivity index (χ0) is 24.5. The molecule has 2 aromatic carbocycles. The molecule has 0 radical (unpaired) electrons. The van der Waals surface area contributed by atoms with Crippen LogP contribution in [0.3, 0.4) is 0 Å². The summed E-state index contributed by atoms with van der Waals surface area (Å²) < 4.78 is 68.0. The van der Waals surface area contributed by atoms with Crippen LogP contribution in [0.4, 0.5) is 15.8 Å². The highest BCUT2D eigenvalue weighted by Crippen LogP contribution is 2.29. The van der Waals surface area contributed by atoms with E-state index in [1.807, 2.05) is 4.90 Å². The van der Waals surface area contributed by atoms with Gasteiger partial charge in [-0.2, -0.15) is 4.31 Å². The van der Waals surface area contributed by atoms with Gasteiger partial charge in [-0.1, -0.05) is 6.07 Å². The minimum absolute atomic E-state index is 0.0499. The molecular formula is C22H24FN3O5S3. The Kier molecular flexibility index (Phi) is 6.85. The van der Waals surface area contributed by atoms with Crippen molar-refractivity contribution in [2.75, 3.05) is 41.6 Å². The van der Waals surface area contributed by atoms with Gasteiger partial charge >= 0.3 is 0 Å². The van der Waals surface area contributed by atoms with Crippen molar-refractivity contribution in [1.29, 1.82) is 0 Å². The van der Waals surface area contributed by atoms with Crippen LogP contribution in [0.2, 0.25) is 0 Å². The van der Waals surface area contributed by atoms with Crippen molar-refractivity contribution in [2.45, 2.75) is 10.3 Å². The van der Waals surface area contributed by atoms with E-state index in [1.165, 1.54) is 40.7 Å². The van der Waals surface area contributed by atoms with Crippen LogP contribution in [0.1, 0.15) is 0 Å². The van der Waals surface area contributed by atoms with E-state index >= 15 is 0 Å². The second-order valence-electron chi connectivity index (χ2n) is 7.93. The normalized spacial score (nSPS) is 17.6. The fraction of sp³-hybridized carbons (Fsp3) is 0.273. The number of hydrogen-bond donors (Lipinski definition) is 1. The molecule has 0 unspecified atom stereocenters. The van der Waals surface area contributed by atoms with Crippen molar-refractivity contribution < 1.29 is 26.3 Å². The highest BCUT2D eigenvalue weighted by Gasteiger charge is 2.37. The van der Waals surface area contributed by atoms with E-state index in [9.17, 15) is 26.3 Å². The Morgan fingerprint density at radius 3 is 2.29 bits per heavy atom. The fourth-order valence-corrected chi connectivity index (χ4v) is 7.51. The number of piperazine rings is 1. The van der Waals surface area contributed by atoms with Crippen molar-refractivity contribution in [1.82, 2.24) is 4.31 Å². The molecule has 8 nitrogen and oxygen atoms in total. The molecule has 3 aromatic rings. The molecule has 12 heteroatoms. The summed E-state index contributed by atoms with van der Waals surface area (Å²) in [4.78, 5) is 1.93. The van der Waals surface area contributed by atoms with Crippen LogP contribution < -0.4 is 9.21 Å². The summed E-state index contributed by atoms with van der Waals surface area (Å²) in [6.45, 7) is 0.532. The molecule has 1 fully saturated rings. The second-order valence-corrected chi connectivity index (χ2v) is 12.9. The quantitative estimate of drug-likeness (QED) is 0.509. The zero-order valence-electron chi connectivity index (χ0n) is 18.3. The van der Waals surface area contributed by atoms with E-state index in [0.717, 1.165) is 27.6 Å². The van der Waals surface area contributed by atoms with Crippen molar-refractivity contribution in [3.05, 3.63) is 71.9 Å². The molecule has 1 aliphatic heterocycles. The first kappa shape index (κ1) is 24.5. The van der Waals surface area contributed by atoms with Gasteiger partial charge in [-0.15, -0.1) is 11.3 Å². The van der Waals surface area contributed by atoms with E-state index in [1.54, 1.807) is 29.6 Å². The van der Waals surface area contributed by atoms with Crippen molar-refractivity contribution in [3.63, 3.8) is 0 Å². The first-order valence-electron chi connectivity index (χ1n) is 10.4. The molecule has 2 heterocycles. The summed E-state index contributed by atoms with van der Waals surface area (Å²) in [7, 11) is -7.50. The third kappa shape index (κ3) is 5.19. The van der Waals surface area contributed by atoms with Gasteiger partial charge in [0.1, 0.15) is 15.8 Å². The average Bonchev–Trinajstić information content (AvgIpc) is 3.34. The van der Waals surface area contributed by atoms with E-state index in [0.29, 0.717) is 6.54 Å². The first-order valence-corrected chi connectivity index (χ1v) is 14.5. The lowest BCUT2D eigenvalue weighted by Crippen LogP contribution is -2.59. The predicted molar refractivity (Wildman–Crippen MR) is 131 cm³/mol. The van der Waals surface area contributed by atoms with Crippen molar-refractivity contribution in [3.8, 4) is 5.75 Å². The van der Waals surface area contributed by atoms with Gasteiger partial charge in [0.15, 0.2) is 0 Å². The van der Waals surface area contributed by atoms with E-state index in [2.05, 4.69) is 0 Å². The molecule has 182 valence electrons. The number of anilines is 2. The second kappa shape index (κ2) is 9.53. The number of phenols is 1. The number of aromatic hydroxyl groups is 1. The maximum absolute atomic E-state index is 13.5. The summed E-state index contributed by atoms with van der Waals surface area (Å²) >= 11 is 1.13. The van der Waals surface area contributed by atoms with Gasteiger partial charge in [0, 0.05) is 25.3 Å². The maximum Gasteiger partial charge on any atom is 0.252 e. The third-order valence-corrected chi connectivity index (χ3v) is 10.0. The first-order chi connectivity index (χ1) is 16.1. The largest absolute Gasteiger partial charge is 0.508 e. The van der Waals surface area contributed by atoms with Crippen LogP contribution in [0.5, 0.6) is 5.75 Å². The number of phenolic OH excluding ortho intramolecular Hbond substituents is 1. The Balaban J connectivity index is 1.70. The Morgan fingerprint density at radius 2 is 1.71 bits per heavy atom. The Labute approximate surface area is 202 Å². The molecule has 4 rings (SSSR count). The molecule has 0 saturated carbocycles. The number of thiophene rings is 1. The lowest BCUT2D eigenvalue weighted by Gasteiger charge is -2.43. The summed E-state index contributed by atoms with van der Waals surface area (Å²) in [6, 6.07) is 14.2. The molecule has 0 amide bonds. The highest BCUT2D eigenvalue weighted by atomic mass is 32.2. The zero-order valence-corrected chi connectivity index (χ0v) is 20.7. The fourth-order valence-electron chi connectivity index (χ4n) is 3.95. The smallest absolute Gasteiger partial charge is 0.252 e. The van der Waals surface area contributed by atoms with E-state index in [4.69, 9.17) is 0 Å². The van der Waals surface area contributed by atoms with Crippen molar-refractivity contribution >= 4 is 42.8 Å². The Hall–Kier alpha value is -2.67. The lowest BCUT2D eigenvalue weighted by atomic mass is 10.1. The summed E-state index contributed by atoms with van der Waals surface area (Å²) in [5, 5.41) is 11.4. The topological polar surface area (TPSA) is 98.2 Å². The molecule has 1 N–H and O–H groups in total. The minimum Gasteiger partial charge on any atom is -0.508 e. The minimum atomic E-state index is -3.76. The Morgan fingerprint density at radius 1 is 1.03 bits per heavy atom. The summed E-state index contributed by atoms with van der Waals surface area (Å²) in [5.74, 6) is -0.405. The summed E-state index contributed by atoms with van der Waals surface area (Å²) in [5.41, 5.74) is 1.01. The molecule has 1 aromatic heterocycles. The van der Waals surface area contributed by atoms with Gasteiger partial charge in [0.05, 0.1) is 24.5 Å². The van der Waals surface area contributed by atoms with Gasteiger partial charge in [0.25, 0.3) is 10.0 Å². The highest BCUT2D eigenvalue weighted by molar-refractivity contribution is 7.92. The van der Waals surface area contributed by atoms with Gasteiger partial charge in [-0.3, -0.25) is 4.31 Å². The van der Waals surface area contributed by atoms with Crippen LogP contribution in [0.15, 0.2) is 70.3 Å². The molecule has 1 atom stereocenters. The molecule has 0 aliphatic carbocycles. The van der Waals surface area contributed by atoms with E-state index in [-0.39, 0.29) is 35.3 Å². The number of benzene rings is 2.